The molecule has 2 saturated carbocycles. The zero-order valence-electron chi connectivity index (χ0n) is 11.6. The lowest BCUT2D eigenvalue weighted by Gasteiger charge is -2.20. The maximum atomic E-state index is 6.23. The van der Waals surface area contributed by atoms with E-state index in [2.05, 4.69) is 26.3 Å². The van der Waals surface area contributed by atoms with E-state index in [1.807, 2.05) is 6.92 Å². The molecular weight excluding hydrogens is 238 g/mol. The summed E-state index contributed by atoms with van der Waals surface area (Å²) in [6.07, 6.45) is 5.39. The van der Waals surface area contributed by atoms with Crippen molar-refractivity contribution >= 4 is 17.1 Å². The molecule has 4 rings (SSSR count). The predicted octanol–water partition coefficient (Wildman–Crippen LogP) is 2.50. The third kappa shape index (κ3) is 1.60. The van der Waals surface area contributed by atoms with Gasteiger partial charge in [0.1, 0.15) is 5.52 Å². The number of anilines is 1. The highest BCUT2D eigenvalue weighted by molar-refractivity contribution is 5.77. The average molecular weight is 259 g/mol. The third-order valence-electron chi connectivity index (χ3n) is 4.58. The largest absolute Gasteiger partial charge is 0.369 e. The van der Waals surface area contributed by atoms with Crippen LogP contribution in [-0.4, -0.2) is 19.3 Å². The van der Waals surface area contributed by atoms with Crippen LogP contribution in [0.1, 0.15) is 44.3 Å². The van der Waals surface area contributed by atoms with Crippen molar-refractivity contribution in [1.82, 2.24) is 19.3 Å². The molecule has 2 aliphatic rings. The normalized spacial score (nSPS) is 19.7. The maximum absolute atomic E-state index is 6.23. The summed E-state index contributed by atoms with van der Waals surface area (Å²) in [5, 5.41) is 4.59. The lowest BCUT2D eigenvalue weighted by atomic mass is 10.1. The Hall–Kier alpha value is -1.52. The first kappa shape index (κ1) is 11.3. The van der Waals surface area contributed by atoms with Gasteiger partial charge in [-0.3, -0.25) is 4.57 Å². The number of nitrogens with two attached hydrogens (primary N) is 1. The molecule has 0 radical (unpaired) electrons. The first-order valence-corrected chi connectivity index (χ1v) is 7.41. The molecule has 2 fully saturated rings. The van der Waals surface area contributed by atoms with Crippen LogP contribution in [0, 0.1) is 18.8 Å². The summed E-state index contributed by atoms with van der Waals surface area (Å²) in [4.78, 5) is 4.58. The van der Waals surface area contributed by atoms with E-state index in [9.17, 15) is 0 Å². The van der Waals surface area contributed by atoms with Crippen molar-refractivity contribution in [2.45, 2.75) is 52.1 Å². The van der Waals surface area contributed by atoms with Gasteiger partial charge < -0.3 is 5.73 Å². The second-order valence-corrected chi connectivity index (χ2v) is 6.08. The highest BCUT2D eigenvalue weighted by Crippen LogP contribution is 2.53. The van der Waals surface area contributed by atoms with Gasteiger partial charge in [0.15, 0.2) is 5.65 Å². The second-order valence-electron chi connectivity index (χ2n) is 6.08. The molecular formula is C14H21N5. The van der Waals surface area contributed by atoms with E-state index in [4.69, 9.17) is 5.73 Å². The van der Waals surface area contributed by atoms with E-state index in [0.29, 0.717) is 12.0 Å². The summed E-state index contributed by atoms with van der Waals surface area (Å²) in [7, 11) is 0. The van der Waals surface area contributed by atoms with E-state index < -0.39 is 0 Å². The van der Waals surface area contributed by atoms with Gasteiger partial charge in [-0.15, -0.1) is 0 Å². The summed E-state index contributed by atoms with van der Waals surface area (Å²) in [5.74, 6) is 2.31. The molecule has 0 amide bonds. The van der Waals surface area contributed by atoms with Gasteiger partial charge in [0, 0.05) is 12.6 Å². The van der Waals surface area contributed by atoms with E-state index in [1.165, 1.54) is 25.7 Å². The summed E-state index contributed by atoms with van der Waals surface area (Å²) >= 11 is 0. The standard InChI is InChI=1S/C14H21N5/c1-3-18-13-11(8(2)17-18)16-14(15)19(13)12(9-4-5-9)10-6-7-10/h9-10,12H,3-7H2,1-2H3,(H2,15,16). The average Bonchev–Trinajstić information content (AvgIpc) is 3.28. The van der Waals surface area contributed by atoms with Gasteiger partial charge in [0.05, 0.1) is 5.69 Å². The van der Waals surface area contributed by atoms with Crippen molar-refractivity contribution in [3.63, 3.8) is 0 Å². The Labute approximate surface area is 112 Å². The van der Waals surface area contributed by atoms with E-state index in [-0.39, 0.29) is 0 Å². The van der Waals surface area contributed by atoms with E-state index in [1.54, 1.807) is 0 Å². The number of fused-ring (bicyclic) bond motifs is 1. The van der Waals surface area contributed by atoms with Gasteiger partial charge in [0.2, 0.25) is 5.95 Å². The lowest BCUT2D eigenvalue weighted by Crippen LogP contribution is -2.18. The molecule has 5 heteroatoms. The minimum Gasteiger partial charge on any atom is -0.369 e. The fourth-order valence-electron chi connectivity index (χ4n) is 3.40. The van der Waals surface area contributed by atoms with Gasteiger partial charge in [-0.1, -0.05) is 0 Å². The van der Waals surface area contributed by atoms with Crippen molar-refractivity contribution in [2.24, 2.45) is 11.8 Å². The Kier molecular flexibility index (Phi) is 2.23. The quantitative estimate of drug-likeness (QED) is 0.917. The Morgan fingerprint density at radius 3 is 2.42 bits per heavy atom. The van der Waals surface area contributed by atoms with Crippen LogP contribution in [0.3, 0.4) is 0 Å². The van der Waals surface area contributed by atoms with Crippen LogP contribution in [0.25, 0.3) is 11.2 Å². The zero-order valence-corrected chi connectivity index (χ0v) is 11.6. The predicted molar refractivity (Wildman–Crippen MR) is 74.8 cm³/mol. The number of rotatable bonds is 4. The number of nitrogen functional groups attached to an aromatic ring is 1. The molecule has 102 valence electrons. The molecule has 0 aromatic carbocycles. The number of aromatic nitrogens is 4. The first-order valence-electron chi connectivity index (χ1n) is 7.41. The number of hydrogen-bond acceptors (Lipinski definition) is 3. The SMILES string of the molecule is CCn1nc(C)c2nc(N)n(C(C3CC3)C3CC3)c21. The lowest BCUT2D eigenvalue weighted by molar-refractivity contribution is 0.402. The molecule has 0 spiro atoms. The number of imidazole rings is 1. The molecule has 0 bridgehead atoms. The van der Waals surface area contributed by atoms with Crippen LogP contribution >= 0.6 is 0 Å². The molecule has 2 aromatic heterocycles. The Bertz CT molecular complexity index is 618. The molecule has 2 N–H and O–H groups in total. The van der Waals surface area contributed by atoms with Crippen LogP contribution in [0.2, 0.25) is 0 Å². The number of nitrogens with zero attached hydrogens (tertiary/aromatic N) is 4. The Morgan fingerprint density at radius 1 is 1.26 bits per heavy atom. The maximum Gasteiger partial charge on any atom is 0.202 e. The topological polar surface area (TPSA) is 61.7 Å². The fourth-order valence-corrected chi connectivity index (χ4v) is 3.40. The highest BCUT2D eigenvalue weighted by atomic mass is 15.4. The smallest absolute Gasteiger partial charge is 0.202 e. The number of hydrogen-bond donors (Lipinski definition) is 1. The summed E-state index contributed by atoms with van der Waals surface area (Å²) in [6.45, 7) is 5.02. The fraction of sp³-hybridized carbons (Fsp3) is 0.714. The Morgan fingerprint density at radius 2 is 1.89 bits per heavy atom. The van der Waals surface area contributed by atoms with Crippen molar-refractivity contribution in [3.05, 3.63) is 5.69 Å². The Balaban J connectivity index is 1.93. The van der Waals surface area contributed by atoms with Gasteiger partial charge in [-0.25, -0.2) is 9.67 Å². The van der Waals surface area contributed by atoms with E-state index >= 15 is 0 Å². The van der Waals surface area contributed by atoms with Gasteiger partial charge in [-0.2, -0.15) is 5.10 Å². The zero-order chi connectivity index (χ0) is 13.1. The minimum atomic E-state index is 0.561. The van der Waals surface area contributed by atoms with Crippen molar-refractivity contribution in [1.29, 1.82) is 0 Å². The van der Waals surface area contributed by atoms with Crippen LogP contribution < -0.4 is 5.73 Å². The highest BCUT2D eigenvalue weighted by Gasteiger charge is 2.44. The monoisotopic (exact) mass is 259 g/mol. The minimum absolute atomic E-state index is 0.561. The van der Waals surface area contributed by atoms with Crippen molar-refractivity contribution in [2.75, 3.05) is 5.73 Å². The van der Waals surface area contributed by atoms with E-state index in [0.717, 1.165) is 35.2 Å². The van der Waals surface area contributed by atoms with Gasteiger partial charge in [0.25, 0.3) is 0 Å². The molecule has 0 atom stereocenters. The summed E-state index contributed by atoms with van der Waals surface area (Å²) in [6, 6.07) is 0.561. The molecule has 2 aromatic rings. The molecule has 2 aliphatic carbocycles. The molecule has 2 heterocycles. The molecule has 0 unspecified atom stereocenters. The number of aryl methyl sites for hydroxylation is 2. The third-order valence-corrected chi connectivity index (χ3v) is 4.58. The molecule has 5 nitrogen and oxygen atoms in total. The van der Waals surface area contributed by atoms with Gasteiger partial charge >= 0.3 is 0 Å². The van der Waals surface area contributed by atoms with Crippen molar-refractivity contribution < 1.29 is 0 Å². The van der Waals surface area contributed by atoms with Crippen LogP contribution in [0.4, 0.5) is 5.95 Å². The van der Waals surface area contributed by atoms with Crippen LogP contribution in [0.5, 0.6) is 0 Å². The first-order chi connectivity index (χ1) is 9.20. The molecule has 0 aliphatic heterocycles. The summed E-state index contributed by atoms with van der Waals surface area (Å²) in [5.41, 5.74) is 9.36. The van der Waals surface area contributed by atoms with Gasteiger partial charge in [-0.05, 0) is 51.4 Å². The van der Waals surface area contributed by atoms with Crippen molar-refractivity contribution in [3.8, 4) is 0 Å². The van der Waals surface area contributed by atoms with Crippen LogP contribution in [-0.2, 0) is 6.54 Å². The van der Waals surface area contributed by atoms with Crippen LogP contribution in [0.15, 0.2) is 0 Å². The summed E-state index contributed by atoms with van der Waals surface area (Å²) < 4.78 is 4.36. The molecule has 19 heavy (non-hydrogen) atoms. The molecule has 0 saturated heterocycles. The second kappa shape index (κ2) is 3.74.